The van der Waals surface area contributed by atoms with E-state index in [0.29, 0.717) is 31.5 Å². The molecule has 0 spiro atoms. The minimum atomic E-state index is -0.00983. The third-order valence-electron chi connectivity index (χ3n) is 5.69. The maximum atomic E-state index is 13.3. The number of benzene rings is 2. The minimum Gasteiger partial charge on any atom is -0.396 e. The first kappa shape index (κ1) is 25.1. The molecule has 0 atom stereocenters. The number of allylic oxidation sites excluding steroid dienone is 1. The van der Waals surface area contributed by atoms with Crippen molar-refractivity contribution < 1.29 is 14.7 Å². The van der Waals surface area contributed by atoms with Crippen LogP contribution >= 0.6 is 0 Å². The zero-order valence-corrected chi connectivity index (χ0v) is 20.2. The summed E-state index contributed by atoms with van der Waals surface area (Å²) in [6, 6.07) is 14.2. The number of nitrogens with zero attached hydrogens (tertiary/aromatic N) is 2. The van der Waals surface area contributed by atoms with Crippen LogP contribution in [0.1, 0.15) is 44.2 Å². The van der Waals surface area contributed by atoms with E-state index < -0.39 is 0 Å². The molecule has 6 nitrogen and oxygen atoms in total. The lowest BCUT2D eigenvalue weighted by Gasteiger charge is -2.23. The van der Waals surface area contributed by atoms with Crippen LogP contribution in [0.4, 0.5) is 5.69 Å². The molecule has 1 aliphatic rings. The molecule has 0 bridgehead atoms. The summed E-state index contributed by atoms with van der Waals surface area (Å²) < 4.78 is 0. The van der Waals surface area contributed by atoms with Crippen LogP contribution in [-0.4, -0.2) is 54.3 Å². The normalized spacial score (nSPS) is 14.4. The smallest absolute Gasteiger partial charge is 0.250 e. The summed E-state index contributed by atoms with van der Waals surface area (Å²) in [5.41, 5.74) is 5.60. The number of fused-ring (bicyclic) bond motifs is 1. The van der Waals surface area contributed by atoms with E-state index in [-0.39, 0.29) is 18.3 Å². The number of aliphatic imine (C=N–C) groups is 1. The molecule has 0 fully saturated rings. The number of hydrogen-bond acceptors (Lipinski definition) is 4. The van der Waals surface area contributed by atoms with Gasteiger partial charge in [0.2, 0.25) is 5.91 Å². The summed E-state index contributed by atoms with van der Waals surface area (Å²) in [7, 11) is 1.72. The monoisotopic (exact) mass is 459 g/mol. The summed E-state index contributed by atoms with van der Waals surface area (Å²) in [6.07, 6.45) is 7.17. The average molecular weight is 460 g/mol. The number of nitrogens with one attached hydrogen (secondary N) is 1. The number of amides is 1. The van der Waals surface area contributed by atoms with Gasteiger partial charge >= 0.3 is 0 Å². The lowest BCUT2D eigenvalue weighted by atomic mass is 10.00. The molecular weight excluding hydrogens is 426 g/mol. The van der Waals surface area contributed by atoms with Gasteiger partial charge in [-0.2, -0.15) is 0 Å². The SMILES string of the molecule is CCCN(CCCO)C(=O)C1=Cc2ccc(-c3ccc(/C=C/C(C)=O)cc3)cc2NC(=NC)C1. The van der Waals surface area contributed by atoms with Crippen molar-refractivity contribution in [3.63, 3.8) is 0 Å². The molecule has 6 heteroatoms. The summed E-state index contributed by atoms with van der Waals surface area (Å²) in [5.74, 6) is 0.745. The number of hydrogen-bond donors (Lipinski definition) is 2. The summed E-state index contributed by atoms with van der Waals surface area (Å²) in [5, 5.41) is 12.6. The highest BCUT2D eigenvalue weighted by molar-refractivity contribution is 6.10. The highest BCUT2D eigenvalue weighted by Gasteiger charge is 2.22. The molecule has 1 aliphatic heterocycles. The van der Waals surface area contributed by atoms with Crippen molar-refractivity contribution in [2.24, 2.45) is 4.99 Å². The molecule has 3 rings (SSSR count). The molecule has 1 amide bonds. The summed E-state index contributed by atoms with van der Waals surface area (Å²) >= 11 is 0. The number of ketones is 1. The maximum absolute atomic E-state index is 13.3. The Labute approximate surface area is 201 Å². The average Bonchev–Trinajstić information content (AvgIpc) is 3.04. The zero-order valence-electron chi connectivity index (χ0n) is 20.2. The predicted molar refractivity (Wildman–Crippen MR) is 140 cm³/mol. The minimum absolute atomic E-state index is 0.00983. The van der Waals surface area contributed by atoms with Gasteiger partial charge in [-0.3, -0.25) is 14.6 Å². The van der Waals surface area contributed by atoms with Crippen LogP contribution in [0.25, 0.3) is 23.3 Å². The molecule has 2 aromatic carbocycles. The highest BCUT2D eigenvalue weighted by Crippen LogP contribution is 2.31. The van der Waals surface area contributed by atoms with Crippen LogP contribution in [0, 0.1) is 0 Å². The molecule has 2 aromatic rings. The quantitative estimate of drug-likeness (QED) is 0.528. The van der Waals surface area contributed by atoms with Gasteiger partial charge in [0.05, 0.1) is 0 Å². The van der Waals surface area contributed by atoms with Gasteiger partial charge in [0.15, 0.2) is 5.78 Å². The number of anilines is 1. The fourth-order valence-corrected chi connectivity index (χ4v) is 3.91. The van der Waals surface area contributed by atoms with E-state index in [1.165, 1.54) is 6.92 Å². The lowest BCUT2D eigenvalue weighted by Crippen LogP contribution is -2.34. The van der Waals surface area contributed by atoms with Crippen molar-refractivity contribution in [1.29, 1.82) is 0 Å². The topological polar surface area (TPSA) is 82.0 Å². The van der Waals surface area contributed by atoms with Gasteiger partial charge in [0, 0.05) is 44.4 Å². The second kappa shape index (κ2) is 12.1. The van der Waals surface area contributed by atoms with Gasteiger partial charge in [-0.05, 0) is 60.2 Å². The van der Waals surface area contributed by atoms with Gasteiger partial charge < -0.3 is 15.3 Å². The Kier molecular flexibility index (Phi) is 8.93. The van der Waals surface area contributed by atoms with E-state index in [9.17, 15) is 14.7 Å². The van der Waals surface area contributed by atoms with E-state index >= 15 is 0 Å². The van der Waals surface area contributed by atoms with E-state index in [4.69, 9.17) is 0 Å². The first-order chi connectivity index (χ1) is 16.4. The Morgan fingerprint density at radius 3 is 2.50 bits per heavy atom. The Morgan fingerprint density at radius 2 is 1.85 bits per heavy atom. The molecule has 2 N–H and O–H groups in total. The van der Waals surface area contributed by atoms with Crippen molar-refractivity contribution in [2.45, 2.75) is 33.1 Å². The van der Waals surface area contributed by atoms with Crippen LogP contribution in [0.3, 0.4) is 0 Å². The molecule has 178 valence electrons. The Bertz CT molecular complexity index is 1110. The van der Waals surface area contributed by atoms with Crippen molar-refractivity contribution in [2.75, 3.05) is 32.1 Å². The molecule has 0 unspecified atom stereocenters. The van der Waals surface area contributed by atoms with Crippen LogP contribution < -0.4 is 5.32 Å². The number of aliphatic hydroxyl groups excluding tert-OH is 1. The standard InChI is InChI=1S/C28H33N3O3/c1-4-14-31(15-5-16-32)28(34)25-17-24-13-12-23(18-26(24)30-27(19-25)29-3)22-10-8-21(9-11-22)7-6-20(2)33/h6-13,17-18,32H,4-5,14-16,19H2,1-3H3,(H,29,30)/b7-6+. The number of aliphatic hydroxyl groups is 1. The third-order valence-corrected chi connectivity index (χ3v) is 5.69. The molecule has 0 aromatic heterocycles. The van der Waals surface area contributed by atoms with E-state index in [2.05, 4.69) is 16.4 Å². The van der Waals surface area contributed by atoms with Crippen molar-refractivity contribution in [1.82, 2.24) is 4.90 Å². The number of carbonyl (C=O) groups is 2. The Balaban J connectivity index is 1.91. The lowest BCUT2D eigenvalue weighted by molar-refractivity contribution is -0.127. The molecule has 34 heavy (non-hydrogen) atoms. The van der Waals surface area contributed by atoms with Gasteiger partial charge in [0.25, 0.3) is 0 Å². The van der Waals surface area contributed by atoms with Gasteiger partial charge in [-0.1, -0.05) is 49.4 Å². The van der Waals surface area contributed by atoms with Crippen LogP contribution in [0.5, 0.6) is 0 Å². The first-order valence-electron chi connectivity index (χ1n) is 11.7. The third kappa shape index (κ3) is 6.51. The van der Waals surface area contributed by atoms with E-state index in [0.717, 1.165) is 40.2 Å². The number of amidine groups is 1. The zero-order chi connectivity index (χ0) is 24.5. The molecule has 0 saturated heterocycles. The molecular formula is C28H33N3O3. The van der Waals surface area contributed by atoms with E-state index in [1.807, 2.05) is 54.3 Å². The molecule has 0 aliphatic carbocycles. The van der Waals surface area contributed by atoms with Crippen molar-refractivity contribution >= 4 is 35.4 Å². The number of rotatable bonds is 9. The maximum Gasteiger partial charge on any atom is 0.250 e. The number of carbonyl (C=O) groups excluding carboxylic acids is 2. The fraction of sp³-hybridized carbons (Fsp3) is 0.321. The molecule has 0 saturated carbocycles. The van der Waals surface area contributed by atoms with Crippen molar-refractivity contribution in [3.8, 4) is 11.1 Å². The molecule has 1 heterocycles. The predicted octanol–water partition coefficient (Wildman–Crippen LogP) is 4.80. The van der Waals surface area contributed by atoms with E-state index in [1.54, 1.807) is 19.2 Å². The fourth-order valence-electron chi connectivity index (χ4n) is 3.91. The second-order valence-corrected chi connectivity index (χ2v) is 8.38. The van der Waals surface area contributed by atoms with Gasteiger partial charge in [-0.25, -0.2) is 0 Å². The molecule has 0 radical (unpaired) electrons. The Morgan fingerprint density at radius 1 is 1.12 bits per heavy atom. The highest BCUT2D eigenvalue weighted by atomic mass is 16.3. The van der Waals surface area contributed by atoms with Crippen molar-refractivity contribution in [3.05, 3.63) is 65.2 Å². The van der Waals surface area contributed by atoms with Gasteiger partial charge in [-0.15, -0.1) is 0 Å². The van der Waals surface area contributed by atoms with Crippen LogP contribution in [0.15, 0.2) is 59.1 Å². The summed E-state index contributed by atoms with van der Waals surface area (Å²) in [6.45, 7) is 4.84. The Hall–Kier alpha value is -3.51. The van der Waals surface area contributed by atoms with Gasteiger partial charge in [0.1, 0.15) is 5.84 Å². The largest absolute Gasteiger partial charge is 0.396 e. The summed E-state index contributed by atoms with van der Waals surface area (Å²) in [4.78, 5) is 30.7. The first-order valence-corrected chi connectivity index (χ1v) is 11.7. The van der Waals surface area contributed by atoms with Crippen LogP contribution in [0.2, 0.25) is 0 Å². The second-order valence-electron chi connectivity index (χ2n) is 8.38. The van der Waals surface area contributed by atoms with Crippen LogP contribution in [-0.2, 0) is 9.59 Å².